The lowest BCUT2D eigenvalue weighted by Crippen LogP contribution is -2.42. The van der Waals surface area contributed by atoms with E-state index >= 15 is 0 Å². The summed E-state index contributed by atoms with van der Waals surface area (Å²) in [6.07, 6.45) is 2.70. The van der Waals surface area contributed by atoms with E-state index in [-0.39, 0.29) is 17.7 Å². The van der Waals surface area contributed by atoms with Gasteiger partial charge in [-0.25, -0.2) is 0 Å². The number of ether oxygens (including phenoxy) is 2. The normalized spacial score (nSPS) is 14.8. The number of likely N-dealkylation sites (tertiary alicyclic amines) is 1. The highest BCUT2D eigenvalue weighted by atomic mass is 16.5. The molecule has 1 aliphatic heterocycles. The van der Waals surface area contributed by atoms with Gasteiger partial charge < -0.3 is 19.3 Å². The van der Waals surface area contributed by atoms with Gasteiger partial charge in [-0.15, -0.1) is 0 Å². The molecule has 0 unspecified atom stereocenters. The van der Waals surface area contributed by atoms with Gasteiger partial charge in [0.25, 0.3) is 0 Å². The van der Waals surface area contributed by atoms with Crippen LogP contribution in [0, 0.1) is 5.92 Å². The molecule has 6 nitrogen and oxygen atoms in total. The molecule has 136 valence electrons. The van der Waals surface area contributed by atoms with E-state index in [1.165, 1.54) is 6.08 Å². The van der Waals surface area contributed by atoms with Crippen LogP contribution in [0.2, 0.25) is 0 Å². The van der Waals surface area contributed by atoms with Gasteiger partial charge in [0.15, 0.2) is 11.5 Å². The Balaban J connectivity index is 1.95. The maximum absolute atomic E-state index is 12.7. The maximum atomic E-state index is 12.7. The smallest absolute Gasteiger partial charge is 0.245 e. The topological polar surface area (TPSA) is 59.1 Å². The van der Waals surface area contributed by atoms with Crippen molar-refractivity contribution in [2.75, 3.05) is 34.4 Å². The molecule has 0 atom stereocenters. The van der Waals surface area contributed by atoms with Crippen molar-refractivity contribution >= 4 is 11.8 Å². The van der Waals surface area contributed by atoms with Crippen LogP contribution >= 0.6 is 0 Å². The van der Waals surface area contributed by atoms with Gasteiger partial charge in [0, 0.05) is 32.6 Å². The zero-order valence-electron chi connectivity index (χ0n) is 15.2. The summed E-state index contributed by atoms with van der Waals surface area (Å²) >= 11 is 0. The standard InChI is InChI=1S/C19H26N2O4/c1-5-18(22)21-10-8-15(9-11-21)19(23)20(2)13-14-6-7-16(24-3)17(12-14)25-4/h5-7,12,15H,1,8-11,13H2,2-4H3. The van der Waals surface area contributed by atoms with Crippen LogP contribution in [0.3, 0.4) is 0 Å². The summed E-state index contributed by atoms with van der Waals surface area (Å²) in [4.78, 5) is 27.8. The number of methoxy groups -OCH3 is 2. The summed E-state index contributed by atoms with van der Waals surface area (Å²) in [5.74, 6) is 1.32. The number of hydrogen-bond acceptors (Lipinski definition) is 4. The molecule has 1 fully saturated rings. The second kappa shape index (κ2) is 8.55. The maximum Gasteiger partial charge on any atom is 0.245 e. The van der Waals surface area contributed by atoms with Crippen LogP contribution in [-0.2, 0) is 16.1 Å². The van der Waals surface area contributed by atoms with Gasteiger partial charge in [0.2, 0.25) is 11.8 Å². The second-order valence-electron chi connectivity index (χ2n) is 6.19. The first-order valence-corrected chi connectivity index (χ1v) is 8.37. The summed E-state index contributed by atoms with van der Waals surface area (Å²) in [6.45, 7) is 5.22. The molecule has 1 aromatic rings. The van der Waals surface area contributed by atoms with Crippen LogP contribution in [0.1, 0.15) is 18.4 Å². The van der Waals surface area contributed by atoms with Crippen LogP contribution in [0.4, 0.5) is 0 Å². The number of carbonyl (C=O) groups is 2. The predicted molar refractivity (Wildman–Crippen MR) is 95.5 cm³/mol. The third-order valence-corrected chi connectivity index (χ3v) is 4.57. The number of hydrogen-bond donors (Lipinski definition) is 0. The quantitative estimate of drug-likeness (QED) is 0.740. The number of carbonyl (C=O) groups excluding carboxylic acids is 2. The van der Waals surface area contributed by atoms with Gasteiger partial charge >= 0.3 is 0 Å². The third-order valence-electron chi connectivity index (χ3n) is 4.57. The Bertz CT molecular complexity index is 636. The van der Waals surface area contributed by atoms with Crippen molar-refractivity contribution in [3.05, 3.63) is 36.4 Å². The van der Waals surface area contributed by atoms with Crippen LogP contribution in [0.15, 0.2) is 30.9 Å². The van der Waals surface area contributed by atoms with Gasteiger partial charge in [-0.3, -0.25) is 9.59 Å². The molecule has 1 saturated heterocycles. The molecule has 0 aliphatic carbocycles. The molecule has 2 rings (SSSR count). The zero-order chi connectivity index (χ0) is 18.4. The molecule has 0 N–H and O–H groups in total. The van der Waals surface area contributed by atoms with Gasteiger partial charge in [-0.1, -0.05) is 12.6 Å². The zero-order valence-corrected chi connectivity index (χ0v) is 15.2. The van der Waals surface area contributed by atoms with E-state index in [0.29, 0.717) is 44.0 Å². The van der Waals surface area contributed by atoms with Crippen molar-refractivity contribution < 1.29 is 19.1 Å². The van der Waals surface area contributed by atoms with Crippen molar-refractivity contribution in [3.63, 3.8) is 0 Å². The Morgan fingerprint density at radius 3 is 2.44 bits per heavy atom. The first-order chi connectivity index (χ1) is 12.0. The minimum Gasteiger partial charge on any atom is -0.493 e. The summed E-state index contributed by atoms with van der Waals surface area (Å²) < 4.78 is 10.5. The average molecular weight is 346 g/mol. The Hall–Kier alpha value is -2.50. The lowest BCUT2D eigenvalue weighted by Gasteiger charge is -2.32. The van der Waals surface area contributed by atoms with E-state index in [0.717, 1.165) is 5.56 Å². The molecule has 2 amide bonds. The molecule has 1 heterocycles. The monoisotopic (exact) mass is 346 g/mol. The highest BCUT2D eigenvalue weighted by molar-refractivity contribution is 5.87. The third kappa shape index (κ3) is 4.53. The second-order valence-corrected chi connectivity index (χ2v) is 6.19. The van der Waals surface area contributed by atoms with E-state index in [2.05, 4.69) is 6.58 Å². The molecule has 6 heteroatoms. The SMILES string of the molecule is C=CC(=O)N1CCC(C(=O)N(C)Cc2ccc(OC)c(OC)c2)CC1. The van der Waals surface area contributed by atoms with Crippen LogP contribution < -0.4 is 9.47 Å². The fourth-order valence-electron chi connectivity index (χ4n) is 3.12. The summed E-state index contributed by atoms with van der Waals surface area (Å²) in [6, 6.07) is 5.65. The molecule has 1 aromatic carbocycles. The van der Waals surface area contributed by atoms with Crippen molar-refractivity contribution in [1.82, 2.24) is 9.80 Å². The number of benzene rings is 1. The molecule has 0 radical (unpaired) electrons. The summed E-state index contributed by atoms with van der Waals surface area (Å²) in [5, 5.41) is 0. The van der Waals surface area contributed by atoms with Gasteiger partial charge in [0.05, 0.1) is 14.2 Å². The van der Waals surface area contributed by atoms with Gasteiger partial charge in [-0.2, -0.15) is 0 Å². The van der Waals surface area contributed by atoms with Crippen molar-refractivity contribution in [3.8, 4) is 11.5 Å². The molecule has 0 aromatic heterocycles. The highest BCUT2D eigenvalue weighted by Gasteiger charge is 2.28. The minimum absolute atomic E-state index is 0.0426. The van der Waals surface area contributed by atoms with Crippen LogP contribution in [-0.4, -0.2) is 56.0 Å². The Kier molecular flexibility index (Phi) is 6.44. The largest absolute Gasteiger partial charge is 0.493 e. The fraction of sp³-hybridized carbons (Fsp3) is 0.474. The first-order valence-electron chi connectivity index (χ1n) is 8.37. The number of rotatable bonds is 6. The van der Waals surface area contributed by atoms with Crippen LogP contribution in [0.5, 0.6) is 11.5 Å². The first kappa shape index (κ1) is 18.8. The van der Waals surface area contributed by atoms with E-state index in [9.17, 15) is 9.59 Å². The predicted octanol–water partition coefficient (Wildman–Crippen LogP) is 2.09. The van der Waals surface area contributed by atoms with E-state index in [4.69, 9.17) is 9.47 Å². The van der Waals surface area contributed by atoms with Gasteiger partial charge in [-0.05, 0) is 36.6 Å². The number of nitrogens with zero attached hydrogens (tertiary/aromatic N) is 2. The summed E-state index contributed by atoms with van der Waals surface area (Å²) in [5.41, 5.74) is 0.979. The van der Waals surface area contributed by atoms with E-state index in [1.807, 2.05) is 18.2 Å². The minimum atomic E-state index is -0.0652. The molecule has 0 saturated carbocycles. The van der Waals surface area contributed by atoms with Crippen molar-refractivity contribution in [2.24, 2.45) is 5.92 Å². The van der Waals surface area contributed by atoms with Crippen molar-refractivity contribution in [2.45, 2.75) is 19.4 Å². The lowest BCUT2D eigenvalue weighted by atomic mass is 9.95. The number of piperidine rings is 1. The fourth-order valence-corrected chi connectivity index (χ4v) is 3.12. The summed E-state index contributed by atoms with van der Waals surface area (Å²) in [7, 11) is 4.99. The molecule has 0 bridgehead atoms. The highest BCUT2D eigenvalue weighted by Crippen LogP contribution is 2.28. The average Bonchev–Trinajstić information content (AvgIpc) is 2.66. The van der Waals surface area contributed by atoms with Crippen molar-refractivity contribution in [1.29, 1.82) is 0 Å². The number of amides is 2. The molecule has 25 heavy (non-hydrogen) atoms. The van der Waals surface area contributed by atoms with E-state index in [1.54, 1.807) is 31.1 Å². The Morgan fingerprint density at radius 1 is 1.24 bits per heavy atom. The van der Waals surface area contributed by atoms with Crippen LogP contribution in [0.25, 0.3) is 0 Å². The molecule has 1 aliphatic rings. The van der Waals surface area contributed by atoms with Gasteiger partial charge in [0.1, 0.15) is 0 Å². The lowest BCUT2D eigenvalue weighted by molar-refractivity contribution is -0.138. The van der Waals surface area contributed by atoms with E-state index < -0.39 is 0 Å². The Morgan fingerprint density at radius 2 is 1.88 bits per heavy atom. The molecule has 0 spiro atoms. The molecular weight excluding hydrogens is 320 g/mol. The Labute approximate surface area is 149 Å². The molecular formula is C19H26N2O4.